The molecule has 1 atom stereocenters. The standard InChI is InChI=1S/C22H35FN2O/c1-26-16-15-24-13-10-21(11-14-24)18-25-12-2-3-20(17-25)5-4-19-6-8-22(23)9-7-19/h6-9,20-21H,2-5,10-18H2,1H3/t20-/m1/s1. The van der Waals surface area contributed by atoms with Crippen molar-refractivity contribution in [2.24, 2.45) is 11.8 Å². The third-order valence-electron chi connectivity index (χ3n) is 6.19. The third kappa shape index (κ3) is 6.33. The number of nitrogens with zero attached hydrogens (tertiary/aromatic N) is 2. The minimum Gasteiger partial charge on any atom is -0.383 e. The summed E-state index contributed by atoms with van der Waals surface area (Å²) in [6.07, 6.45) is 7.67. The van der Waals surface area contributed by atoms with E-state index >= 15 is 0 Å². The van der Waals surface area contributed by atoms with Crippen molar-refractivity contribution in [3.8, 4) is 0 Å². The van der Waals surface area contributed by atoms with Gasteiger partial charge < -0.3 is 14.5 Å². The van der Waals surface area contributed by atoms with E-state index in [0.717, 1.165) is 31.4 Å². The minimum absolute atomic E-state index is 0.133. The molecule has 0 unspecified atom stereocenters. The summed E-state index contributed by atoms with van der Waals surface area (Å²) in [6.45, 7) is 8.21. The molecule has 26 heavy (non-hydrogen) atoms. The van der Waals surface area contributed by atoms with Crippen molar-refractivity contribution in [1.29, 1.82) is 0 Å². The highest BCUT2D eigenvalue weighted by molar-refractivity contribution is 5.16. The van der Waals surface area contributed by atoms with Crippen LogP contribution in [-0.2, 0) is 11.2 Å². The molecule has 0 saturated carbocycles. The van der Waals surface area contributed by atoms with Crippen LogP contribution in [0.1, 0.15) is 37.7 Å². The monoisotopic (exact) mass is 362 g/mol. The lowest BCUT2D eigenvalue weighted by molar-refractivity contribution is 0.0924. The summed E-state index contributed by atoms with van der Waals surface area (Å²) in [4.78, 5) is 5.26. The van der Waals surface area contributed by atoms with Gasteiger partial charge in [-0.1, -0.05) is 12.1 Å². The van der Waals surface area contributed by atoms with Crippen LogP contribution in [0.3, 0.4) is 0 Å². The first kappa shape index (κ1) is 19.8. The van der Waals surface area contributed by atoms with E-state index in [1.807, 2.05) is 12.1 Å². The third-order valence-corrected chi connectivity index (χ3v) is 6.19. The molecule has 0 N–H and O–H groups in total. The quantitative estimate of drug-likeness (QED) is 0.699. The number of rotatable bonds is 8. The molecule has 0 spiro atoms. The number of aryl methyl sites for hydroxylation is 1. The number of hydrogen-bond donors (Lipinski definition) is 0. The largest absolute Gasteiger partial charge is 0.383 e. The summed E-state index contributed by atoms with van der Waals surface area (Å²) in [5.41, 5.74) is 1.27. The number of ether oxygens (including phenoxy) is 1. The van der Waals surface area contributed by atoms with Crippen molar-refractivity contribution in [3.05, 3.63) is 35.6 Å². The molecule has 4 heteroatoms. The Bertz CT molecular complexity index is 513. The second kappa shape index (κ2) is 10.4. The molecule has 2 heterocycles. The Hall–Kier alpha value is -0.970. The van der Waals surface area contributed by atoms with E-state index in [-0.39, 0.29) is 5.82 Å². The van der Waals surface area contributed by atoms with E-state index in [1.54, 1.807) is 19.2 Å². The maximum Gasteiger partial charge on any atom is 0.123 e. The number of piperidine rings is 2. The smallest absolute Gasteiger partial charge is 0.123 e. The zero-order chi connectivity index (χ0) is 18.2. The SMILES string of the molecule is COCCN1CCC(CN2CCC[C@H](CCc3ccc(F)cc3)C2)CC1. The predicted octanol–water partition coefficient (Wildman–Crippen LogP) is 3.83. The van der Waals surface area contributed by atoms with Gasteiger partial charge in [0.25, 0.3) is 0 Å². The first-order chi connectivity index (χ1) is 12.7. The molecular weight excluding hydrogens is 327 g/mol. The molecule has 2 saturated heterocycles. The summed E-state index contributed by atoms with van der Waals surface area (Å²) in [7, 11) is 1.79. The molecule has 0 aromatic heterocycles. The van der Waals surface area contributed by atoms with Gasteiger partial charge in [-0.25, -0.2) is 4.39 Å². The molecule has 2 aliphatic heterocycles. The van der Waals surface area contributed by atoms with Gasteiger partial charge in [-0.2, -0.15) is 0 Å². The van der Waals surface area contributed by atoms with Crippen LogP contribution in [0.4, 0.5) is 4.39 Å². The maximum atomic E-state index is 13.0. The minimum atomic E-state index is -0.133. The van der Waals surface area contributed by atoms with Crippen molar-refractivity contribution in [2.45, 2.75) is 38.5 Å². The van der Waals surface area contributed by atoms with E-state index in [9.17, 15) is 4.39 Å². The van der Waals surface area contributed by atoms with Crippen LogP contribution < -0.4 is 0 Å². The van der Waals surface area contributed by atoms with Gasteiger partial charge in [-0.3, -0.25) is 0 Å². The van der Waals surface area contributed by atoms with Crippen molar-refractivity contribution < 1.29 is 9.13 Å². The van der Waals surface area contributed by atoms with Gasteiger partial charge >= 0.3 is 0 Å². The van der Waals surface area contributed by atoms with Crippen LogP contribution >= 0.6 is 0 Å². The molecule has 2 fully saturated rings. The molecular formula is C22H35FN2O. The number of methoxy groups -OCH3 is 1. The van der Waals surface area contributed by atoms with Crippen LogP contribution in [0.5, 0.6) is 0 Å². The second-order valence-electron chi connectivity index (χ2n) is 8.21. The van der Waals surface area contributed by atoms with Gasteiger partial charge in [-0.05, 0) is 87.7 Å². The number of hydrogen-bond acceptors (Lipinski definition) is 3. The van der Waals surface area contributed by atoms with Crippen molar-refractivity contribution in [2.75, 3.05) is 53.0 Å². The van der Waals surface area contributed by atoms with Crippen molar-refractivity contribution in [1.82, 2.24) is 9.80 Å². The molecule has 3 nitrogen and oxygen atoms in total. The summed E-state index contributed by atoms with van der Waals surface area (Å²) in [5, 5.41) is 0. The molecule has 146 valence electrons. The molecule has 1 aromatic carbocycles. The topological polar surface area (TPSA) is 15.7 Å². The van der Waals surface area contributed by atoms with Gasteiger partial charge in [0.05, 0.1) is 6.61 Å². The molecule has 0 amide bonds. The maximum absolute atomic E-state index is 13.0. The normalized spacial score (nSPS) is 23.4. The summed E-state index contributed by atoms with van der Waals surface area (Å²) in [5.74, 6) is 1.53. The molecule has 0 radical (unpaired) electrons. The van der Waals surface area contributed by atoms with Crippen molar-refractivity contribution >= 4 is 0 Å². The molecule has 2 aliphatic rings. The highest BCUT2D eigenvalue weighted by Crippen LogP contribution is 2.25. The molecule has 3 rings (SSSR count). The first-order valence-corrected chi connectivity index (χ1v) is 10.4. The van der Waals surface area contributed by atoms with Crippen LogP contribution in [0.15, 0.2) is 24.3 Å². The lowest BCUT2D eigenvalue weighted by Crippen LogP contribution is -2.43. The van der Waals surface area contributed by atoms with E-state index in [4.69, 9.17) is 4.74 Å². The van der Waals surface area contributed by atoms with Gasteiger partial charge in [0.2, 0.25) is 0 Å². The average Bonchev–Trinajstić information content (AvgIpc) is 2.67. The van der Waals surface area contributed by atoms with Crippen LogP contribution in [0.25, 0.3) is 0 Å². The van der Waals surface area contributed by atoms with Crippen molar-refractivity contribution in [3.63, 3.8) is 0 Å². The lowest BCUT2D eigenvalue weighted by Gasteiger charge is -2.38. The van der Waals surface area contributed by atoms with Crippen LogP contribution in [0, 0.1) is 17.7 Å². The Morgan fingerprint density at radius 2 is 1.77 bits per heavy atom. The molecule has 0 bridgehead atoms. The Balaban J connectivity index is 1.36. The predicted molar refractivity (Wildman–Crippen MR) is 105 cm³/mol. The van der Waals surface area contributed by atoms with Crippen LogP contribution in [0.2, 0.25) is 0 Å². The highest BCUT2D eigenvalue weighted by atomic mass is 19.1. The Morgan fingerprint density at radius 3 is 2.50 bits per heavy atom. The zero-order valence-corrected chi connectivity index (χ0v) is 16.3. The average molecular weight is 363 g/mol. The van der Waals surface area contributed by atoms with E-state index in [1.165, 1.54) is 70.4 Å². The second-order valence-corrected chi connectivity index (χ2v) is 8.21. The number of benzene rings is 1. The Labute approximate surface area is 158 Å². The zero-order valence-electron chi connectivity index (χ0n) is 16.3. The Kier molecular flexibility index (Phi) is 7.90. The summed E-state index contributed by atoms with van der Waals surface area (Å²) >= 11 is 0. The van der Waals surface area contributed by atoms with E-state index in [0.29, 0.717) is 0 Å². The van der Waals surface area contributed by atoms with Gasteiger partial charge in [0.15, 0.2) is 0 Å². The fraction of sp³-hybridized carbons (Fsp3) is 0.727. The number of likely N-dealkylation sites (tertiary alicyclic amines) is 2. The first-order valence-electron chi connectivity index (χ1n) is 10.4. The molecule has 0 aliphatic carbocycles. The van der Waals surface area contributed by atoms with Gasteiger partial charge in [-0.15, -0.1) is 0 Å². The Morgan fingerprint density at radius 1 is 1.00 bits per heavy atom. The van der Waals surface area contributed by atoms with Gasteiger partial charge in [0.1, 0.15) is 5.82 Å². The van der Waals surface area contributed by atoms with Gasteiger partial charge in [0, 0.05) is 26.7 Å². The summed E-state index contributed by atoms with van der Waals surface area (Å²) in [6, 6.07) is 7.05. The lowest BCUT2D eigenvalue weighted by atomic mass is 9.90. The summed E-state index contributed by atoms with van der Waals surface area (Å²) < 4.78 is 18.2. The fourth-order valence-corrected chi connectivity index (χ4v) is 4.55. The fourth-order valence-electron chi connectivity index (χ4n) is 4.55. The van der Waals surface area contributed by atoms with E-state index < -0.39 is 0 Å². The highest BCUT2D eigenvalue weighted by Gasteiger charge is 2.25. The molecule has 1 aromatic rings. The number of halogens is 1. The van der Waals surface area contributed by atoms with Crippen LogP contribution in [-0.4, -0.2) is 62.8 Å². The van der Waals surface area contributed by atoms with E-state index in [2.05, 4.69) is 9.80 Å².